The second-order valence-electron chi connectivity index (χ2n) is 13.4. The molecule has 4 aromatic carbocycles. The minimum absolute atomic E-state index is 0.0569. The highest BCUT2D eigenvalue weighted by Crippen LogP contribution is 2.56. The van der Waals surface area contributed by atoms with Crippen LogP contribution < -0.4 is 9.64 Å². The lowest BCUT2D eigenvalue weighted by atomic mass is 9.64. The largest absolute Gasteiger partial charge is 0.487 e. The van der Waals surface area contributed by atoms with E-state index in [-0.39, 0.29) is 11.5 Å². The zero-order valence-corrected chi connectivity index (χ0v) is 25.2. The zero-order chi connectivity index (χ0) is 29.3. The molecule has 1 saturated carbocycles. The third-order valence-corrected chi connectivity index (χ3v) is 10.3. The summed E-state index contributed by atoms with van der Waals surface area (Å²) in [5, 5.41) is 2.16. The summed E-state index contributed by atoms with van der Waals surface area (Å²) in [4.78, 5) is 28.5. The molecule has 1 saturated heterocycles. The molecule has 1 aliphatic carbocycles. The van der Waals surface area contributed by atoms with Crippen molar-refractivity contribution in [3.8, 4) is 5.75 Å². The predicted octanol–water partition coefficient (Wildman–Crippen LogP) is 7.59. The van der Waals surface area contributed by atoms with E-state index < -0.39 is 0 Å². The van der Waals surface area contributed by atoms with Crippen molar-refractivity contribution >= 4 is 44.4 Å². The zero-order valence-electron chi connectivity index (χ0n) is 25.2. The van der Waals surface area contributed by atoms with Gasteiger partial charge in [0.05, 0.1) is 22.1 Å². The van der Waals surface area contributed by atoms with Gasteiger partial charge in [-0.25, -0.2) is 9.97 Å². The van der Waals surface area contributed by atoms with Crippen molar-refractivity contribution in [1.29, 1.82) is 0 Å². The average Bonchev–Trinajstić information content (AvgIpc) is 3.03. The van der Waals surface area contributed by atoms with Crippen LogP contribution in [0.5, 0.6) is 5.75 Å². The second-order valence-corrected chi connectivity index (χ2v) is 13.4. The summed E-state index contributed by atoms with van der Waals surface area (Å²) in [7, 11) is 0. The van der Waals surface area contributed by atoms with Crippen LogP contribution in [-0.2, 0) is 0 Å². The molecule has 0 unspecified atom stereocenters. The number of rotatable bonds is 2. The van der Waals surface area contributed by atoms with Crippen molar-refractivity contribution < 1.29 is 9.53 Å². The molecule has 6 nitrogen and oxygen atoms in total. The molecule has 3 heterocycles. The van der Waals surface area contributed by atoms with E-state index in [2.05, 4.69) is 74.2 Å². The molecular formula is C37H38N4O2. The summed E-state index contributed by atoms with van der Waals surface area (Å²) >= 11 is 0. The maximum absolute atomic E-state index is 13.6. The Morgan fingerprint density at radius 1 is 0.837 bits per heavy atom. The van der Waals surface area contributed by atoms with Crippen LogP contribution >= 0.6 is 0 Å². The number of anilines is 1. The van der Waals surface area contributed by atoms with E-state index >= 15 is 0 Å². The lowest BCUT2D eigenvalue weighted by Crippen LogP contribution is -2.48. The SMILES string of the molecule is C[C@H]1CC[C@H]2[C@H](C1)c1c(c3ccccc3c3nc4cc(C(=O)N5CCN(c6ccccc6)CC5)ccc4nc13)OC2(C)C. The summed E-state index contributed by atoms with van der Waals surface area (Å²) in [6, 6.07) is 24.7. The van der Waals surface area contributed by atoms with E-state index in [0.29, 0.717) is 36.4 Å². The summed E-state index contributed by atoms with van der Waals surface area (Å²) in [5.41, 5.74) is 6.32. The van der Waals surface area contributed by atoms with Crippen molar-refractivity contribution in [2.75, 3.05) is 31.1 Å². The van der Waals surface area contributed by atoms with Gasteiger partial charge >= 0.3 is 0 Å². The number of carbonyl (C=O) groups is 1. The Morgan fingerprint density at radius 3 is 2.35 bits per heavy atom. The number of piperazine rings is 1. The number of hydrogen-bond acceptors (Lipinski definition) is 5. The Kier molecular flexibility index (Phi) is 6.11. The topological polar surface area (TPSA) is 58.6 Å². The van der Waals surface area contributed by atoms with E-state index in [1.165, 1.54) is 24.1 Å². The number of ether oxygens (including phenoxy) is 1. The van der Waals surface area contributed by atoms with Crippen LogP contribution in [0.15, 0.2) is 72.8 Å². The third kappa shape index (κ3) is 4.33. The van der Waals surface area contributed by atoms with Crippen LogP contribution in [-0.4, -0.2) is 52.6 Å². The van der Waals surface area contributed by atoms with Crippen LogP contribution in [0.2, 0.25) is 0 Å². The van der Waals surface area contributed by atoms with Crippen LogP contribution in [0.4, 0.5) is 5.69 Å². The number of hydrogen-bond donors (Lipinski definition) is 0. The number of para-hydroxylation sites is 1. The summed E-state index contributed by atoms with van der Waals surface area (Å²) in [6.07, 6.45) is 3.54. The molecule has 8 rings (SSSR count). The molecule has 1 aromatic heterocycles. The van der Waals surface area contributed by atoms with Gasteiger partial charge in [-0.1, -0.05) is 55.8 Å². The number of carbonyl (C=O) groups excluding carboxylic acids is 1. The molecule has 3 atom stereocenters. The minimum Gasteiger partial charge on any atom is -0.487 e. The normalized spacial score (nSPS) is 23.2. The lowest BCUT2D eigenvalue weighted by Gasteiger charge is -2.49. The summed E-state index contributed by atoms with van der Waals surface area (Å²) in [6.45, 7) is 9.94. The fourth-order valence-corrected chi connectivity index (χ4v) is 8.02. The Bertz CT molecular complexity index is 1880. The summed E-state index contributed by atoms with van der Waals surface area (Å²) in [5.74, 6) is 2.54. The van der Waals surface area contributed by atoms with Crippen molar-refractivity contribution in [3.05, 3.63) is 83.9 Å². The standard InChI is InChI=1S/C37H38N4O2/c1-23-13-15-29-28(21-23)32-34-33(26-11-7-8-12-27(26)35(32)43-37(29,2)3)39-31-22-24(14-16-30(31)38-34)36(42)41-19-17-40(18-20-41)25-9-5-4-6-10-25/h4-12,14,16,22-23,28-29H,13,15,17-21H2,1-3H3/t23-,28-,29-/m0/s1. The minimum atomic E-state index is -0.236. The van der Waals surface area contributed by atoms with Crippen molar-refractivity contribution in [2.24, 2.45) is 11.8 Å². The average molecular weight is 571 g/mol. The van der Waals surface area contributed by atoms with Crippen LogP contribution in [0, 0.1) is 11.8 Å². The van der Waals surface area contributed by atoms with Gasteiger partial charge in [0.1, 0.15) is 11.4 Å². The first kappa shape index (κ1) is 26.4. The van der Waals surface area contributed by atoms with Crippen molar-refractivity contribution in [2.45, 2.75) is 51.6 Å². The van der Waals surface area contributed by atoms with Gasteiger partial charge in [0.2, 0.25) is 0 Å². The molecule has 43 heavy (non-hydrogen) atoms. The summed E-state index contributed by atoms with van der Waals surface area (Å²) < 4.78 is 6.89. The van der Waals surface area contributed by atoms with Gasteiger partial charge in [0.25, 0.3) is 5.91 Å². The van der Waals surface area contributed by atoms with E-state index in [1.807, 2.05) is 29.2 Å². The lowest BCUT2D eigenvalue weighted by molar-refractivity contribution is -0.0115. The smallest absolute Gasteiger partial charge is 0.254 e. The monoisotopic (exact) mass is 570 g/mol. The van der Waals surface area contributed by atoms with E-state index in [4.69, 9.17) is 14.7 Å². The Labute approximate surface area is 252 Å². The number of benzene rings is 4. The third-order valence-electron chi connectivity index (χ3n) is 10.3. The number of aromatic nitrogens is 2. The molecule has 6 heteroatoms. The molecule has 2 aliphatic heterocycles. The van der Waals surface area contributed by atoms with Gasteiger partial charge in [-0.15, -0.1) is 0 Å². The van der Waals surface area contributed by atoms with Gasteiger partial charge in [-0.2, -0.15) is 0 Å². The maximum atomic E-state index is 13.6. The molecule has 0 N–H and O–H groups in total. The van der Waals surface area contributed by atoms with Crippen LogP contribution in [0.3, 0.4) is 0 Å². The van der Waals surface area contributed by atoms with Gasteiger partial charge in [0, 0.05) is 59.7 Å². The highest BCUT2D eigenvalue weighted by Gasteiger charge is 2.47. The van der Waals surface area contributed by atoms with Gasteiger partial charge < -0.3 is 14.5 Å². The van der Waals surface area contributed by atoms with Crippen LogP contribution in [0.25, 0.3) is 32.8 Å². The fourth-order valence-electron chi connectivity index (χ4n) is 8.02. The molecule has 0 radical (unpaired) electrons. The van der Waals surface area contributed by atoms with Gasteiger partial charge in [-0.3, -0.25) is 4.79 Å². The van der Waals surface area contributed by atoms with Crippen LogP contribution in [0.1, 0.15) is 61.9 Å². The van der Waals surface area contributed by atoms with Gasteiger partial charge in [0.15, 0.2) is 0 Å². The molecular weight excluding hydrogens is 532 g/mol. The predicted molar refractivity (Wildman–Crippen MR) is 173 cm³/mol. The molecule has 3 aliphatic rings. The number of fused-ring (bicyclic) bond motifs is 9. The number of nitrogens with zero attached hydrogens (tertiary/aromatic N) is 4. The highest BCUT2D eigenvalue weighted by atomic mass is 16.5. The highest BCUT2D eigenvalue weighted by molar-refractivity contribution is 6.11. The Hall–Kier alpha value is -4.19. The molecule has 218 valence electrons. The molecule has 2 fully saturated rings. The first-order valence-electron chi connectivity index (χ1n) is 15.8. The molecule has 0 spiro atoms. The Balaban J connectivity index is 1.20. The molecule has 5 aromatic rings. The van der Waals surface area contributed by atoms with Gasteiger partial charge in [-0.05, 0) is 68.9 Å². The molecule has 0 bridgehead atoms. The van der Waals surface area contributed by atoms with Crippen molar-refractivity contribution in [1.82, 2.24) is 14.9 Å². The first-order chi connectivity index (χ1) is 20.9. The van der Waals surface area contributed by atoms with E-state index in [9.17, 15) is 4.79 Å². The number of amides is 1. The van der Waals surface area contributed by atoms with E-state index in [1.54, 1.807) is 0 Å². The molecule has 1 amide bonds. The first-order valence-corrected chi connectivity index (χ1v) is 15.8. The van der Waals surface area contributed by atoms with Crippen molar-refractivity contribution in [3.63, 3.8) is 0 Å². The quantitative estimate of drug-likeness (QED) is 0.162. The fraction of sp³-hybridized carbons (Fsp3) is 0.378. The second kappa shape index (κ2) is 9.94. The maximum Gasteiger partial charge on any atom is 0.254 e. The van der Waals surface area contributed by atoms with E-state index in [0.717, 1.165) is 58.1 Å². The Morgan fingerprint density at radius 2 is 1.56 bits per heavy atom.